The number of hydrogen-bond donors (Lipinski definition) is 2. The molecule has 0 fully saturated rings. The number of hydrogen-bond acceptors (Lipinski definition) is 2. The highest BCUT2D eigenvalue weighted by Crippen LogP contribution is 2.21. The Kier molecular flexibility index (Phi) is 4.78. The molecule has 3 heteroatoms. The van der Waals surface area contributed by atoms with E-state index in [9.17, 15) is 9.90 Å². The highest BCUT2D eigenvalue weighted by atomic mass is 16.3. The van der Waals surface area contributed by atoms with E-state index in [-0.39, 0.29) is 11.8 Å². The van der Waals surface area contributed by atoms with Crippen molar-refractivity contribution >= 4 is 5.91 Å². The van der Waals surface area contributed by atoms with Gasteiger partial charge in [0.15, 0.2) is 0 Å². The van der Waals surface area contributed by atoms with Crippen molar-refractivity contribution in [2.75, 3.05) is 0 Å². The van der Waals surface area contributed by atoms with Crippen molar-refractivity contribution in [2.45, 2.75) is 65.5 Å². The summed E-state index contributed by atoms with van der Waals surface area (Å²) in [4.78, 5) is 11.8. The van der Waals surface area contributed by atoms with Gasteiger partial charge in [-0.15, -0.1) is 0 Å². The second-order valence-electron chi connectivity index (χ2n) is 5.19. The molecule has 0 saturated heterocycles. The third kappa shape index (κ3) is 3.82. The fraction of sp³-hybridized carbons (Fsp3) is 0.917. The second kappa shape index (κ2) is 4.97. The van der Waals surface area contributed by atoms with Crippen LogP contribution in [0.2, 0.25) is 0 Å². The lowest BCUT2D eigenvalue weighted by Crippen LogP contribution is -2.58. The van der Waals surface area contributed by atoms with Gasteiger partial charge in [-0.25, -0.2) is 0 Å². The molecule has 90 valence electrons. The number of carbonyl (C=O) groups excluding carboxylic acids is 1. The van der Waals surface area contributed by atoms with Gasteiger partial charge in [0.2, 0.25) is 5.91 Å². The zero-order valence-corrected chi connectivity index (χ0v) is 10.8. The van der Waals surface area contributed by atoms with E-state index in [0.717, 1.165) is 12.8 Å². The van der Waals surface area contributed by atoms with Crippen molar-refractivity contribution in [1.82, 2.24) is 5.32 Å². The number of nitrogens with one attached hydrogen (secondary N) is 1. The summed E-state index contributed by atoms with van der Waals surface area (Å²) < 4.78 is 0. The van der Waals surface area contributed by atoms with Gasteiger partial charge in [-0.05, 0) is 40.5 Å². The highest BCUT2D eigenvalue weighted by Gasteiger charge is 2.37. The molecule has 0 heterocycles. The van der Waals surface area contributed by atoms with Gasteiger partial charge in [-0.1, -0.05) is 13.8 Å². The largest absolute Gasteiger partial charge is 0.388 e. The monoisotopic (exact) mass is 215 g/mol. The fourth-order valence-electron chi connectivity index (χ4n) is 1.22. The van der Waals surface area contributed by atoms with Crippen molar-refractivity contribution in [3.05, 3.63) is 0 Å². The van der Waals surface area contributed by atoms with Crippen LogP contribution in [-0.4, -0.2) is 22.2 Å². The Labute approximate surface area is 93.3 Å². The van der Waals surface area contributed by atoms with Crippen LogP contribution in [0.3, 0.4) is 0 Å². The predicted octanol–water partition coefficient (Wildman–Crippen LogP) is 2.09. The predicted molar refractivity (Wildman–Crippen MR) is 62.6 cm³/mol. The van der Waals surface area contributed by atoms with Crippen LogP contribution in [0.5, 0.6) is 0 Å². The second-order valence-corrected chi connectivity index (χ2v) is 5.19. The molecule has 0 aromatic heterocycles. The average Bonchev–Trinajstić information content (AvgIpc) is 2.03. The van der Waals surface area contributed by atoms with E-state index in [1.807, 2.05) is 27.7 Å². The molecule has 2 N–H and O–H groups in total. The van der Waals surface area contributed by atoms with Crippen LogP contribution in [0.4, 0.5) is 0 Å². The molecule has 0 spiro atoms. The van der Waals surface area contributed by atoms with Crippen LogP contribution < -0.4 is 5.32 Å². The van der Waals surface area contributed by atoms with Crippen LogP contribution in [0.1, 0.15) is 54.4 Å². The molecule has 3 nitrogen and oxygen atoms in total. The minimum absolute atomic E-state index is 0.0344. The smallest absolute Gasteiger partial charge is 0.223 e. The molecule has 0 rings (SSSR count). The molecule has 0 atom stereocenters. The van der Waals surface area contributed by atoms with Crippen molar-refractivity contribution in [2.24, 2.45) is 5.92 Å². The lowest BCUT2D eigenvalue weighted by molar-refractivity contribution is -0.130. The maximum Gasteiger partial charge on any atom is 0.223 e. The zero-order valence-electron chi connectivity index (χ0n) is 10.8. The van der Waals surface area contributed by atoms with Crippen LogP contribution >= 0.6 is 0 Å². The quantitative estimate of drug-likeness (QED) is 0.737. The van der Waals surface area contributed by atoms with Crippen LogP contribution in [0.25, 0.3) is 0 Å². The van der Waals surface area contributed by atoms with E-state index in [4.69, 9.17) is 0 Å². The molecule has 0 bridgehead atoms. The van der Waals surface area contributed by atoms with Gasteiger partial charge in [0.1, 0.15) is 0 Å². The third-order valence-electron chi connectivity index (χ3n) is 3.32. The first-order valence-electron chi connectivity index (χ1n) is 5.70. The molecule has 0 aliphatic carbocycles. The van der Waals surface area contributed by atoms with Gasteiger partial charge in [-0.2, -0.15) is 0 Å². The molecule has 0 radical (unpaired) electrons. The molecular formula is C12H25NO2. The number of amides is 1. The summed E-state index contributed by atoms with van der Waals surface area (Å²) in [5.41, 5.74) is -1.53. The van der Waals surface area contributed by atoms with E-state index in [0.29, 0.717) is 0 Å². The molecule has 0 aliphatic rings. The van der Waals surface area contributed by atoms with E-state index >= 15 is 0 Å². The Morgan fingerprint density at radius 2 is 1.60 bits per heavy atom. The van der Waals surface area contributed by atoms with E-state index in [2.05, 4.69) is 5.32 Å². The third-order valence-corrected chi connectivity index (χ3v) is 3.32. The van der Waals surface area contributed by atoms with Crippen LogP contribution in [0.15, 0.2) is 0 Å². The van der Waals surface area contributed by atoms with Gasteiger partial charge in [0.25, 0.3) is 0 Å². The molecule has 15 heavy (non-hydrogen) atoms. The molecular weight excluding hydrogens is 190 g/mol. The minimum Gasteiger partial charge on any atom is -0.388 e. The summed E-state index contributed by atoms with van der Waals surface area (Å²) in [5, 5.41) is 12.8. The summed E-state index contributed by atoms with van der Waals surface area (Å²) in [7, 11) is 0. The Morgan fingerprint density at radius 3 is 1.87 bits per heavy atom. The lowest BCUT2D eigenvalue weighted by Gasteiger charge is -2.38. The molecule has 0 aliphatic heterocycles. The van der Waals surface area contributed by atoms with E-state index in [1.165, 1.54) is 0 Å². The van der Waals surface area contributed by atoms with Crippen LogP contribution in [0, 0.1) is 5.92 Å². The number of rotatable bonds is 5. The van der Waals surface area contributed by atoms with Crippen molar-refractivity contribution in [3.63, 3.8) is 0 Å². The Balaban J connectivity index is 4.53. The van der Waals surface area contributed by atoms with Gasteiger partial charge in [-0.3, -0.25) is 4.79 Å². The summed E-state index contributed by atoms with van der Waals surface area (Å²) in [6.45, 7) is 11.1. The van der Waals surface area contributed by atoms with Crippen molar-refractivity contribution in [1.29, 1.82) is 0 Å². The summed E-state index contributed by atoms with van der Waals surface area (Å²) in [6.07, 6.45) is 1.68. The standard InChI is InChI=1S/C12H25NO2/c1-7-9(8-2)10(14)13-11(3,4)12(5,6)15/h9,15H,7-8H2,1-6H3,(H,13,14). The molecule has 0 aromatic rings. The summed E-state index contributed by atoms with van der Waals surface area (Å²) in [6, 6.07) is 0. The van der Waals surface area contributed by atoms with Gasteiger partial charge < -0.3 is 10.4 Å². The maximum atomic E-state index is 11.8. The average molecular weight is 215 g/mol. The highest BCUT2D eigenvalue weighted by molar-refractivity contribution is 5.79. The van der Waals surface area contributed by atoms with Gasteiger partial charge >= 0.3 is 0 Å². The lowest BCUT2D eigenvalue weighted by atomic mass is 9.85. The van der Waals surface area contributed by atoms with Crippen molar-refractivity contribution < 1.29 is 9.90 Å². The van der Waals surface area contributed by atoms with Crippen LogP contribution in [-0.2, 0) is 4.79 Å². The summed E-state index contributed by atoms with van der Waals surface area (Å²) in [5.74, 6) is 0.0822. The van der Waals surface area contributed by atoms with Crippen molar-refractivity contribution in [3.8, 4) is 0 Å². The number of aliphatic hydroxyl groups is 1. The molecule has 0 saturated carbocycles. The molecule has 1 amide bonds. The van der Waals surface area contributed by atoms with E-state index < -0.39 is 11.1 Å². The fourth-order valence-corrected chi connectivity index (χ4v) is 1.22. The summed E-state index contributed by atoms with van der Waals surface area (Å²) >= 11 is 0. The zero-order chi connectivity index (χ0) is 12.3. The minimum atomic E-state index is -0.922. The first-order valence-corrected chi connectivity index (χ1v) is 5.70. The molecule has 0 unspecified atom stereocenters. The topological polar surface area (TPSA) is 49.3 Å². The van der Waals surface area contributed by atoms with Gasteiger partial charge in [0.05, 0.1) is 11.1 Å². The van der Waals surface area contributed by atoms with Gasteiger partial charge in [0, 0.05) is 5.92 Å². The Bertz CT molecular complexity index is 212. The first-order chi connectivity index (χ1) is 6.65. The number of carbonyl (C=O) groups is 1. The molecule has 0 aromatic carbocycles. The maximum absolute atomic E-state index is 11.8. The SMILES string of the molecule is CCC(CC)C(=O)NC(C)(C)C(C)(C)O. The van der Waals surface area contributed by atoms with E-state index in [1.54, 1.807) is 13.8 Å². The Morgan fingerprint density at radius 1 is 1.20 bits per heavy atom. The first kappa shape index (κ1) is 14.4. The normalized spacial score (nSPS) is 13.1. The Hall–Kier alpha value is -0.570.